The second-order valence-corrected chi connectivity index (χ2v) is 9.32. The molecule has 7 nitrogen and oxygen atoms in total. The minimum Gasteiger partial charge on any atom is -0.403 e. The highest BCUT2D eigenvalue weighted by Gasteiger charge is 2.26. The topological polar surface area (TPSA) is 81.7 Å². The molecule has 0 spiro atoms. The van der Waals surface area contributed by atoms with Crippen molar-refractivity contribution in [3.63, 3.8) is 0 Å². The fourth-order valence-electron chi connectivity index (χ4n) is 3.48. The van der Waals surface area contributed by atoms with Gasteiger partial charge >= 0.3 is 6.01 Å². The first-order chi connectivity index (χ1) is 15.3. The molecule has 0 amide bonds. The lowest BCUT2D eigenvalue weighted by Gasteiger charge is -2.03. The lowest BCUT2D eigenvalue weighted by Crippen LogP contribution is -2.00. The van der Waals surface area contributed by atoms with E-state index in [1.54, 1.807) is 9.12 Å². The van der Waals surface area contributed by atoms with E-state index in [9.17, 15) is 0 Å². The SMILES string of the molecule is CC.ISn1cc(-c2cncc(C3CC3)n2)c2cc(-c3nnc(NC4CC4)o3)ccc21. The summed E-state index contributed by atoms with van der Waals surface area (Å²) in [4.78, 5) is 9.35. The van der Waals surface area contributed by atoms with E-state index in [0.717, 1.165) is 46.3 Å². The maximum absolute atomic E-state index is 5.83. The molecule has 3 aromatic heterocycles. The smallest absolute Gasteiger partial charge is 0.315 e. The van der Waals surface area contributed by atoms with Gasteiger partial charge in [-0.3, -0.25) is 8.96 Å². The van der Waals surface area contributed by atoms with E-state index in [-0.39, 0.29) is 0 Å². The Kier molecular flexibility index (Phi) is 5.87. The molecule has 2 aliphatic rings. The van der Waals surface area contributed by atoms with Crippen LogP contribution in [0.5, 0.6) is 0 Å². The molecule has 1 N–H and O–H groups in total. The van der Waals surface area contributed by atoms with Gasteiger partial charge in [0.2, 0.25) is 5.89 Å². The molecule has 1 aromatic carbocycles. The minimum absolute atomic E-state index is 0.476. The first-order valence-corrected chi connectivity index (χ1v) is 14.0. The van der Waals surface area contributed by atoms with Gasteiger partial charge in [0.1, 0.15) is 0 Å². The van der Waals surface area contributed by atoms with E-state index in [0.29, 0.717) is 23.9 Å². The van der Waals surface area contributed by atoms with Crippen molar-refractivity contribution in [2.24, 2.45) is 0 Å². The van der Waals surface area contributed by atoms with E-state index >= 15 is 0 Å². The maximum Gasteiger partial charge on any atom is 0.315 e. The van der Waals surface area contributed by atoms with Crippen LogP contribution >= 0.6 is 30.3 Å². The second-order valence-electron chi connectivity index (χ2n) is 7.60. The van der Waals surface area contributed by atoms with Crippen molar-refractivity contribution in [1.29, 1.82) is 0 Å². The molecule has 160 valence electrons. The van der Waals surface area contributed by atoms with Gasteiger partial charge in [0.15, 0.2) is 0 Å². The minimum atomic E-state index is 0.476. The van der Waals surface area contributed by atoms with Gasteiger partial charge in [-0.05, 0) is 43.9 Å². The predicted molar refractivity (Wildman–Crippen MR) is 133 cm³/mol. The van der Waals surface area contributed by atoms with Crippen LogP contribution in [0.2, 0.25) is 0 Å². The van der Waals surface area contributed by atoms with Gasteiger partial charge in [0, 0.05) is 71.2 Å². The van der Waals surface area contributed by atoms with Crippen molar-refractivity contribution in [1.82, 2.24) is 24.1 Å². The first-order valence-electron chi connectivity index (χ1n) is 10.7. The Balaban J connectivity index is 0.000000994. The summed E-state index contributed by atoms with van der Waals surface area (Å²) < 4.78 is 7.98. The Morgan fingerprint density at radius 1 is 1.13 bits per heavy atom. The van der Waals surface area contributed by atoms with Crippen molar-refractivity contribution < 1.29 is 4.42 Å². The van der Waals surface area contributed by atoms with Crippen molar-refractivity contribution in [3.05, 3.63) is 42.5 Å². The van der Waals surface area contributed by atoms with E-state index < -0.39 is 0 Å². The molecular weight excluding hydrogens is 523 g/mol. The van der Waals surface area contributed by atoms with Crippen LogP contribution in [0.15, 0.2) is 41.2 Å². The molecular formula is C22H23IN6OS. The number of hydrogen-bond acceptors (Lipinski definition) is 7. The maximum atomic E-state index is 5.83. The highest BCUT2D eigenvalue weighted by atomic mass is 127. The lowest BCUT2D eigenvalue weighted by atomic mass is 10.1. The van der Waals surface area contributed by atoms with Crippen LogP contribution in [0, 0.1) is 0 Å². The van der Waals surface area contributed by atoms with E-state index in [1.165, 1.54) is 12.8 Å². The molecule has 2 saturated carbocycles. The largest absolute Gasteiger partial charge is 0.403 e. The summed E-state index contributed by atoms with van der Waals surface area (Å²) in [5.74, 6) is 1.09. The van der Waals surface area contributed by atoms with Gasteiger partial charge in [0.25, 0.3) is 0 Å². The van der Waals surface area contributed by atoms with Crippen LogP contribution in [-0.4, -0.2) is 30.2 Å². The molecule has 9 heteroatoms. The number of halogens is 1. The van der Waals surface area contributed by atoms with Gasteiger partial charge in [-0.2, -0.15) is 0 Å². The Bertz CT molecular complexity index is 1210. The van der Waals surface area contributed by atoms with E-state index in [1.807, 2.05) is 32.3 Å². The second kappa shape index (κ2) is 8.78. The summed E-state index contributed by atoms with van der Waals surface area (Å²) in [6.07, 6.45) is 10.6. The zero-order chi connectivity index (χ0) is 21.4. The third-order valence-electron chi connectivity index (χ3n) is 5.35. The molecule has 0 atom stereocenters. The van der Waals surface area contributed by atoms with Gasteiger partial charge in [-0.1, -0.05) is 18.9 Å². The van der Waals surface area contributed by atoms with Crippen LogP contribution in [0.25, 0.3) is 33.6 Å². The summed E-state index contributed by atoms with van der Waals surface area (Å²) in [5, 5.41) is 12.7. The van der Waals surface area contributed by atoms with Crippen molar-refractivity contribution in [3.8, 4) is 22.7 Å². The third kappa shape index (κ3) is 4.30. The summed E-state index contributed by atoms with van der Waals surface area (Å²) >= 11 is 2.30. The molecule has 0 saturated heterocycles. The Morgan fingerprint density at radius 2 is 1.97 bits per heavy atom. The molecule has 2 fully saturated rings. The standard InChI is InChI=1S/C20H17IN6OS.C2H6/c21-29-27-10-15(17-9-22-8-16(24-17)11-1-2-11)14-7-12(3-6-18(14)27)19-25-26-20(28-19)23-13-4-5-13;1-2/h3,6-11,13H,1-2,4-5H2,(H,23,26);1-2H3. The Hall–Kier alpha value is -2.14. The monoisotopic (exact) mass is 546 g/mol. The molecule has 0 aliphatic heterocycles. The summed E-state index contributed by atoms with van der Waals surface area (Å²) in [6.45, 7) is 4.00. The van der Waals surface area contributed by atoms with Crippen molar-refractivity contribution in [2.75, 3.05) is 5.32 Å². The molecule has 31 heavy (non-hydrogen) atoms. The summed E-state index contributed by atoms with van der Waals surface area (Å²) in [6, 6.07) is 7.19. The number of rotatable bonds is 6. The molecule has 4 aromatic rings. The van der Waals surface area contributed by atoms with Crippen molar-refractivity contribution in [2.45, 2.75) is 51.5 Å². The van der Waals surface area contributed by atoms with Gasteiger partial charge in [-0.15, -0.1) is 5.10 Å². The summed E-state index contributed by atoms with van der Waals surface area (Å²) in [7, 11) is 1.63. The third-order valence-corrected chi connectivity index (χ3v) is 7.07. The van der Waals surface area contributed by atoms with Crippen LogP contribution < -0.4 is 5.32 Å². The Labute approximate surface area is 197 Å². The molecule has 0 unspecified atom stereocenters. The van der Waals surface area contributed by atoms with E-state index in [4.69, 9.17) is 9.40 Å². The number of nitrogens with one attached hydrogen (secondary N) is 1. The van der Waals surface area contributed by atoms with Crippen LogP contribution in [0.3, 0.4) is 0 Å². The quantitative estimate of drug-likeness (QED) is 0.278. The highest BCUT2D eigenvalue weighted by Crippen LogP contribution is 2.40. The van der Waals surface area contributed by atoms with Gasteiger partial charge in [0.05, 0.1) is 23.1 Å². The van der Waals surface area contributed by atoms with Crippen LogP contribution in [-0.2, 0) is 0 Å². The van der Waals surface area contributed by atoms with Crippen LogP contribution in [0.1, 0.15) is 51.1 Å². The van der Waals surface area contributed by atoms with E-state index in [2.05, 4.69) is 64.0 Å². The number of aromatic nitrogens is 5. The number of nitrogens with zero attached hydrogens (tertiary/aromatic N) is 5. The fraction of sp³-hybridized carbons (Fsp3) is 0.364. The molecule has 0 radical (unpaired) electrons. The predicted octanol–water partition coefficient (Wildman–Crippen LogP) is 6.47. The van der Waals surface area contributed by atoms with Crippen LogP contribution in [0.4, 0.5) is 6.01 Å². The fourth-order valence-corrected chi connectivity index (χ4v) is 4.84. The Morgan fingerprint density at radius 3 is 2.71 bits per heavy atom. The molecule has 0 bridgehead atoms. The van der Waals surface area contributed by atoms with Crippen molar-refractivity contribution >= 4 is 47.2 Å². The first kappa shape index (κ1) is 20.7. The normalized spacial score (nSPS) is 15.6. The van der Waals surface area contributed by atoms with Gasteiger partial charge in [-0.25, -0.2) is 4.98 Å². The lowest BCUT2D eigenvalue weighted by molar-refractivity contribution is 0.581. The van der Waals surface area contributed by atoms with Gasteiger partial charge < -0.3 is 9.73 Å². The average molecular weight is 546 g/mol. The number of benzene rings is 1. The summed E-state index contributed by atoms with van der Waals surface area (Å²) in [5.41, 5.74) is 5.09. The zero-order valence-corrected chi connectivity index (χ0v) is 20.4. The molecule has 6 rings (SSSR count). The number of anilines is 1. The average Bonchev–Trinajstić information content (AvgIpc) is 3.74. The number of hydrogen-bond donors (Lipinski definition) is 1. The molecule has 3 heterocycles. The highest BCUT2D eigenvalue weighted by molar-refractivity contribution is 14.2. The number of fused-ring (bicyclic) bond motifs is 1. The zero-order valence-electron chi connectivity index (χ0n) is 17.4. The molecule has 2 aliphatic carbocycles.